The molecular formula is C17H22N2O5. The Kier molecular flexibility index (Phi) is 5.01. The zero-order valence-corrected chi connectivity index (χ0v) is 13.8. The van der Waals surface area contributed by atoms with Gasteiger partial charge in [0.1, 0.15) is 17.6 Å². The fraction of sp³-hybridized carbons (Fsp3) is 0.529. The normalized spacial score (nSPS) is 19.7. The molecule has 1 fully saturated rings. The Morgan fingerprint density at radius 2 is 2.29 bits per heavy atom. The number of nitrogens with zero attached hydrogens (tertiary/aromatic N) is 2. The average molecular weight is 334 g/mol. The first-order valence-electron chi connectivity index (χ1n) is 8.13. The minimum absolute atomic E-state index is 0.167. The first-order valence-corrected chi connectivity index (χ1v) is 8.13. The zero-order valence-electron chi connectivity index (χ0n) is 13.8. The smallest absolute Gasteiger partial charge is 0.276 e. The molecule has 0 bridgehead atoms. The molecule has 2 aromatic heterocycles. The second kappa shape index (κ2) is 7.19. The van der Waals surface area contributed by atoms with Crippen molar-refractivity contribution in [1.29, 1.82) is 0 Å². The van der Waals surface area contributed by atoms with Crippen LogP contribution in [0.3, 0.4) is 0 Å². The zero-order chi connectivity index (χ0) is 17.1. The lowest BCUT2D eigenvalue weighted by Crippen LogP contribution is -2.49. The summed E-state index contributed by atoms with van der Waals surface area (Å²) in [5.74, 6) is 1.13. The van der Waals surface area contributed by atoms with E-state index < -0.39 is 6.10 Å². The van der Waals surface area contributed by atoms with Crippen LogP contribution in [0.2, 0.25) is 0 Å². The molecule has 2 unspecified atom stereocenters. The molecule has 0 saturated carbocycles. The topological polar surface area (TPSA) is 88.9 Å². The third-order valence-electron chi connectivity index (χ3n) is 4.17. The van der Waals surface area contributed by atoms with E-state index in [0.29, 0.717) is 37.7 Å². The van der Waals surface area contributed by atoms with Gasteiger partial charge in [-0.05, 0) is 12.1 Å². The average Bonchev–Trinajstić information content (AvgIpc) is 3.26. The van der Waals surface area contributed by atoms with Gasteiger partial charge in [0.05, 0.1) is 25.5 Å². The minimum Gasteiger partial charge on any atom is -0.467 e. The van der Waals surface area contributed by atoms with Crippen LogP contribution in [0.15, 0.2) is 33.4 Å². The second-order valence-electron chi connectivity index (χ2n) is 6.26. The SMILES string of the molecule is CC(C)c1cc(C(=O)N2CCOCC2CC(O)c2ccco2)no1. The maximum absolute atomic E-state index is 12.8. The molecule has 0 spiro atoms. The van der Waals surface area contributed by atoms with Crippen LogP contribution in [-0.4, -0.2) is 46.9 Å². The Hall–Kier alpha value is -2.12. The molecule has 0 radical (unpaired) electrons. The summed E-state index contributed by atoms with van der Waals surface area (Å²) in [5.41, 5.74) is 0.290. The molecular weight excluding hydrogens is 312 g/mol. The maximum atomic E-state index is 12.8. The number of hydrogen-bond acceptors (Lipinski definition) is 6. The van der Waals surface area contributed by atoms with Gasteiger partial charge in [-0.3, -0.25) is 4.79 Å². The predicted molar refractivity (Wildman–Crippen MR) is 84.5 cm³/mol. The quantitative estimate of drug-likeness (QED) is 0.903. The van der Waals surface area contributed by atoms with Crippen LogP contribution in [0.25, 0.3) is 0 Å². The standard InChI is InChI=1S/C17H22N2O5/c1-11(2)16-9-13(18-24-16)17(21)19-5-7-22-10-12(19)8-14(20)15-4-3-6-23-15/h3-4,6,9,11-12,14,20H,5,7-8,10H2,1-2H3. The van der Waals surface area contributed by atoms with Crippen LogP contribution in [0, 0.1) is 0 Å². The van der Waals surface area contributed by atoms with Crippen molar-refractivity contribution in [2.24, 2.45) is 0 Å². The first kappa shape index (κ1) is 16.7. The van der Waals surface area contributed by atoms with Gasteiger partial charge in [-0.2, -0.15) is 0 Å². The van der Waals surface area contributed by atoms with Gasteiger partial charge < -0.3 is 23.7 Å². The molecule has 130 valence electrons. The number of hydrogen-bond donors (Lipinski definition) is 1. The summed E-state index contributed by atoms with van der Waals surface area (Å²) in [6.45, 7) is 5.25. The van der Waals surface area contributed by atoms with Crippen molar-refractivity contribution in [3.63, 3.8) is 0 Å². The van der Waals surface area contributed by atoms with Crippen molar-refractivity contribution >= 4 is 5.91 Å². The molecule has 1 aliphatic heterocycles. The van der Waals surface area contributed by atoms with Crippen molar-refractivity contribution in [1.82, 2.24) is 10.1 Å². The monoisotopic (exact) mass is 334 g/mol. The molecule has 1 aliphatic rings. The van der Waals surface area contributed by atoms with E-state index in [1.165, 1.54) is 6.26 Å². The predicted octanol–water partition coefficient (Wildman–Crippen LogP) is 2.36. The first-order chi connectivity index (χ1) is 11.6. The molecule has 7 nitrogen and oxygen atoms in total. The third kappa shape index (κ3) is 3.52. The molecule has 0 aromatic carbocycles. The number of rotatable bonds is 5. The van der Waals surface area contributed by atoms with Crippen LogP contribution < -0.4 is 0 Å². The molecule has 24 heavy (non-hydrogen) atoms. The van der Waals surface area contributed by atoms with Crippen molar-refractivity contribution in [2.45, 2.75) is 38.3 Å². The summed E-state index contributed by atoms with van der Waals surface area (Å²) in [4.78, 5) is 14.4. The number of aliphatic hydroxyl groups excluding tert-OH is 1. The summed E-state index contributed by atoms with van der Waals surface area (Å²) in [5, 5.41) is 14.2. The Morgan fingerprint density at radius 3 is 2.96 bits per heavy atom. The molecule has 3 heterocycles. The summed E-state index contributed by atoms with van der Waals surface area (Å²) in [6, 6.07) is 4.88. The van der Waals surface area contributed by atoms with Gasteiger partial charge in [0.2, 0.25) is 0 Å². The van der Waals surface area contributed by atoms with Crippen molar-refractivity contribution in [3.05, 3.63) is 41.7 Å². The van der Waals surface area contributed by atoms with Crippen molar-refractivity contribution in [3.8, 4) is 0 Å². The summed E-state index contributed by atoms with van der Waals surface area (Å²) in [7, 11) is 0. The van der Waals surface area contributed by atoms with E-state index in [4.69, 9.17) is 13.7 Å². The molecule has 2 atom stereocenters. The summed E-state index contributed by atoms with van der Waals surface area (Å²) < 4.78 is 15.9. The molecule has 3 rings (SSSR count). The van der Waals surface area contributed by atoms with Crippen LogP contribution in [-0.2, 0) is 4.74 Å². The fourth-order valence-corrected chi connectivity index (χ4v) is 2.78. The third-order valence-corrected chi connectivity index (χ3v) is 4.17. The number of carbonyl (C=O) groups excluding carboxylic acids is 1. The lowest BCUT2D eigenvalue weighted by Gasteiger charge is -2.35. The molecule has 2 aromatic rings. The number of carbonyl (C=O) groups is 1. The molecule has 1 saturated heterocycles. The van der Waals surface area contributed by atoms with Gasteiger partial charge in [0, 0.05) is 24.9 Å². The number of amides is 1. The van der Waals surface area contributed by atoms with E-state index in [0.717, 1.165) is 0 Å². The van der Waals surface area contributed by atoms with E-state index in [1.807, 2.05) is 13.8 Å². The highest BCUT2D eigenvalue weighted by Crippen LogP contribution is 2.24. The number of morpholine rings is 1. The van der Waals surface area contributed by atoms with Gasteiger partial charge in [0.15, 0.2) is 5.69 Å². The molecule has 1 amide bonds. The lowest BCUT2D eigenvalue weighted by molar-refractivity contribution is -0.0199. The van der Waals surface area contributed by atoms with Gasteiger partial charge >= 0.3 is 0 Å². The van der Waals surface area contributed by atoms with E-state index in [1.54, 1.807) is 23.1 Å². The Labute approximate surface area is 140 Å². The number of aliphatic hydroxyl groups is 1. The number of ether oxygens (including phenoxy) is 1. The van der Waals surface area contributed by atoms with Crippen LogP contribution in [0.1, 0.15) is 54.3 Å². The Morgan fingerprint density at radius 1 is 1.46 bits per heavy atom. The molecule has 1 N–H and O–H groups in total. The van der Waals surface area contributed by atoms with Gasteiger partial charge in [-0.25, -0.2) is 0 Å². The highest BCUT2D eigenvalue weighted by Gasteiger charge is 2.32. The Balaban J connectivity index is 1.72. The highest BCUT2D eigenvalue weighted by atomic mass is 16.5. The van der Waals surface area contributed by atoms with Crippen LogP contribution in [0.5, 0.6) is 0 Å². The van der Waals surface area contributed by atoms with E-state index in [9.17, 15) is 9.90 Å². The largest absolute Gasteiger partial charge is 0.467 e. The van der Waals surface area contributed by atoms with Gasteiger partial charge in [-0.1, -0.05) is 19.0 Å². The van der Waals surface area contributed by atoms with Crippen LogP contribution >= 0.6 is 0 Å². The maximum Gasteiger partial charge on any atom is 0.276 e. The molecule has 7 heteroatoms. The van der Waals surface area contributed by atoms with Crippen molar-refractivity contribution < 1.29 is 23.6 Å². The van der Waals surface area contributed by atoms with Crippen LogP contribution in [0.4, 0.5) is 0 Å². The van der Waals surface area contributed by atoms with E-state index >= 15 is 0 Å². The number of aromatic nitrogens is 1. The van der Waals surface area contributed by atoms with E-state index in [-0.39, 0.29) is 23.6 Å². The summed E-state index contributed by atoms with van der Waals surface area (Å²) in [6.07, 6.45) is 1.07. The minimum atomic E-state index is -0.787. The van der Waals surface area contributed by atoms with Crippen molar-refractivity contribution in [2.75, 3.05) is 19.8 Å². The lowest BCUT2D eigenvalue weighted by atomic mass is 10.0. The summed E-state index contributed by atoms with van der Waals surface area (Å²) >= 11 is 0. The van der Waals surface area contributed by atoms with E-state index in [2.05, 4.69) is 5.16 Å². The number of furan rings is 1. The fourth-order valence-electron chi connectivity index (χ4n) is 2.78. The van der Waals surface area contributed by atoms with Gasteiger partial charge in [0.25, 0.3) is 5.91 Å². The highest BCUT2D eigenvalue weighted by molar-refractivity contribution is 5.92. The molecule has 0 aliphatic carbocycles. The Bertz CT molecular complexity index is 664. The second-order valence-corrected chi connectivity index (χ2v) is 6.26. The van der Waals surface area contributed by atoms with Gasteiger partial charge in [-0.15, -0.1) is 0 Å².